The SMILES string of the molecule is CCc1nnc(NC(CC)CN)c(C#N)c1CC. The summed E-state index contributed by atoms with van der Waals surface area (Å²) in [6, 6.07) is 2.37. The number of nitrogens with two attached hydrogens (primary N) is 1. The van der Waals surface area contributed by atoms with E-state index in [0.29, 0.717) is 17.9 Å². The molecule has 0 aliphatic rings. The van der Waals surface area contributed by atoms with E-state index in [0.717, 1.165) is 30.5 Å². The van der Waals surface area contributed by atoms with Gasteiger partial charge < -0.3 is 11.1 Å². The predicted molar refractivity (Wildman–Crippen MR) is 72.3 cm³/mol. The van der Waals surface area contributed by atoms with Gasteiger partial charge in [0.05, 0.1) is 5.69 Å². The molecule has 0 saturated heterocycles. The van der Waals surface area contributed by atoms with Crippen LogP contribution in [-0.2, 0) is 12.8 Å². The lowest BCUT2D eigenvalue weighted by Gasteiger charge is -2.17. The molecule has 0 aliphatic heterocycles. The molecule has 0 bridgehead atoms. The van der Waals surface area contributed by atoms with Crippen molar-refractivity contribution in [2.24, 2.45) is 5.73 Å². The molecule has 0 aliphatic carbocycles. The molecule has 18 heavy (non-hydrogen) atoms. The van der Waals surface area contributed by atoms with Crippen LogP contribution >= 0.6 is 0 Å². The monoisotopic (exact) mass is 247 g/mol. The molecule has 1 aromatic heterocycles. The topological polar surface area (TPSA) is 87.6 Å². The standard InChI is InChI=1S/C13H21N5/c1-4-9(7-14)16-13-11(8-15)10(5-2)12(6-3)17-18-13/h9H,4-7,14H2,1-3H3,(H,16,18). The Kier molecular flexibility index (Phi) is 5.53. The first kappa shape index (κ1) is 14.4. The maximum Gasteiger partial charge on any atom is 0.167 e. The summed E-state index contributed by atoms with van der Waals surface area (Å²) in [5.41, 5.74) is 8.16. The fourth-order valence-corrected chi connectivity index (χ4v) is 1.92. The minimum Gasteiger partial charge on any atom is -0.363 e. The molecule has 5 nitrogen and oxygen atoms in total. The maximum atomic E-state index is 9.32. The first-order valence-corrected chi connectivity index (χ1v) is 6.46. The first-order chi connectivity index (χ1) is 8.71. The van der Waals surface area contributed by atoms with Gasteiger partial charge in [0.2, 0.25) is 0 Å². The Balaban J connectivity index is 3.17. The van der Waals surface area contributed by atoms with Crippen molar-refractivity contribution in [1.29, 1.82) is 5.26 Å². The van der Waals surface area contributed by atoms with Crippen molar-refractivity contribution in [3.63, 3.8) is 0 Å². The van der Waals surface area contributed by atoms with Crippen LogP contribution in [0.5, 0.6) is 0 Å². The minimum atomic E-state index is 0.128. The number of hydrogen-bond acceptors (Lipinski definition) is 5. The molecule has 1 aromatic rings. The van der Waals surface area contributed by atoms with Gasteiger partial charge in [-0.05, 0) is 24.8 Å². The average Bonchev–Trinajstić information content (AvgIpc) is 2.43. The van der Waals surface area contributed by atoms with Crippen molar-refractivity contribution >= 4 is 5.82 Å². The lowest BCUT2D eigenvalue weighted by atomic mass is 10.0. The molecule has 1 heterocycles. The van der Waals surface area contributed by atoms with E-state index in [4.69, 9.17) is 5.73 Å². The molecule has 3 N–H and O–H groups in total. The van der Waals surface area contributed by atoms with Crippen LogP contribution in [0.25, 0.3) is 0 Å². The Morgan fingerprint density at radius 2 is 2.00 bits per heavy atom. The van der Waals surface area contributed by atoms with Crippen LogP contribution < -0.4 is 11.1 Å². The van der Waals surface area contributed by atoms with E-state index in [1.165, 1.54) is 0 Å². The summed E-state index contributed by atoms with van der Waals surface area (Å²) in [4.78, 5) is 0. The van der Waals surface area contributed by atoms with Gasteiger partial charge in [0.1, 0.15) is 11.6 Å². The number of nitrogens with one attached hydrogen (secondary N) is 1. The third-order valence-corrected chi connectivity index (χ3v) is 3.08. The number of aryl methyl sites for hydroxylation is 1. The van der Waals surface area contributed by atoms with Crippen molar-refractivity contribution in [2.75, 3.05) is 11.9 Å². The zero-order valence-corrected chi connectivity index (χ0v) is 11.3. The summed E-state index contributed by atoms with van der Waals surface area (Å²) >= 11 is 0. The van der Waals surface area contributed by atoms with Crippen LogP contribution in [0.4, 0.5) is 5.82 Å². The van der Waals surface area contributed by atoms with E-state index in [9.17, 15) is 5.26 Å². The maximum absolute atomic E-state index is 9.32. The van der Waals surface area contributed by atoms with Crippen LogP contribution in [-0.4, -0.2) is 22.8 Å². The highest BCUT2D eigenvalue weighted by Crippen LogP contribution is 2.20. The number of aromatic nitrogens is 2. The van der Waals surface area contributed by atoms with Gasteiger partial charge in [-0.3, -0.25) is 0 Å². The smallest absolute Gasteiger partial charge is 0.167 e. The normalized spacial score (nSPS) is 11.9. The number of nitriles is 1. The van der Waals surface area contributed by atoms with E-state index in [-0.39, 0.29) is 6.04 Å². The molecule has 98 valence electrons. The Hall–Kier alpha value is -1.67. The fourth-order valence-electron chi connectivity index (χ4n) is 1.92. The molecule has 1 atom stereocenters. The molecule has 5 heteroatoms. The highest BCUT2D eigenvalue weighted by Gasteiger charge is 2.15. The molecule has 0 amide bonds. The first-order valence-electron chi connectivity index (χ1n) is 6.46. The van der Waals surface area contributed by atoms with Crippen molar-refractivity contribution in [1.82, 2.24) is 10.2 Å². The fraction of sp³-hybridized carbons (Fsp3) is 0.615. The van der Waals surface area contributed by atoms with Gasteiger partial charge in [0.15, 0.2) is 5.82 Å². The van der Waals surface area contributed by atoms with Crippen molar-refractivity contribution in [2.45, 2.75) is 46.1 Å². The number of anilines is 1. The van der Waals surface area contributed by atoms with Crippen LogP contribution in [0.1, 0.15) is 44.0 Å². The van der Waals surface area contributed by atoms with Crippen LogP contribution in [0.2, 0.25) is 0 Å². The van der Waals surface area contributed by atoms with Gasteiger partial charge >= 0.3 is 0 Å². The Morgan fingerprint density at radius 1 is 1.28 bits per heavy atom. The minimum absolute atomic E-state index is 0.128. The molecular weight excluding hydrogens is 226 g/mol. The molecule has 1 rings (SSSR count). The third kappa shape index (κ3) is 2.96. The summed E-state index contributed by atoms with van der Waals surface area (Å²) in [5, 5.41) is 20.8. The highest BCUT2D eigenvalue weighted by atomic mass is 15.2. The number of rotatable bonds is 6. The second-order valence-corrected chi connectivity index (χ2v) is 4.15. The highest BCUT2D eigenvalue weighted by molar-refractivity contribution is 5.56. The zero-order chi connectivity index (χ0) is 13.5. The molecular formula is C13H21N5. The quantitative estimate of drug-likeness (QED) is 0.797. The largest absolute Gasteiger partial charge is 0.363 e. The summed E-state index contributed by atoms with van der Waals surface area (Å²) < 4.78 is 0. The lowest BCUT2D eigenvalue weighted by Crippen LogP contribution is -2.29. The van der Waals surface area contributed by atoms with Crippen LogP contribution in [0.15, 0.2) is 0 Å². The molecule has 0 spiro atoms. The average molecular weight is 247 g/mol. The van der Waals surface area contributed by atoms with Crippen molar-refractivity contribution in [3.8, 4) is 6.07 Å². The molecule has 1 unspecified atom stereocenters. The van der Waals surface area contributed by atoms with Crippen molar-refractivity contribution < 1.29 is 0 Å². The molecule has 0 aromatic carbocycles. The lowest BCUT2D eigenvalue weighted by molar-refractivity contribution is 0.694. The van der Waals surface area contributed by atoms with Gasteiger partial charge in [0.25, 0.3) is 0 Å². The number of nitrogens with zero attached hydrogens (tertiary/aromatic N) is 3. The third-order valence-electron chi connectivity index (χ3n) is 3.08. The van der Waals surface area contributed by atoms with E-state index in [1.54, 1.807) is 0 Å². The summed E-state index contributed by atoms with van der Waals surface area (Å²) in [6.45, 7) is 6.61. The van der Waals surface area contributed by atoms with Crippen molar-refractivity contribution in [3.05, 3.63) is 16.8 Å². The van der Waals surface area contributed by atoms with E-state index >= 15 is 0 Å². The molecule has 0 radical (unpaired) electrons. The molecule has 0 saturated carbocycles. The number of hydrogen-bond donors (Lipinski definition) is 2. The summed E-state index contributed by atoms with van der Waals surface area (Å²) in [5.74, 6) is 0.559. The van der Waals surface area contributed by atoms with Gasteiger partial charge in [-0.25, -0.2) is 0 Å². The predicted octanol–water partition coefficient (Wildman–Crippen LogP) is 1.62. The van der Waals surface area contributed by atoms with E-state index in [1.807, 2.05) is 20.8 Å². The Bertz CT molecular complexity index is 432. The Morgan fingerprint density at radius 3 is 2.44 bits per heavy atom. The summed E-state index contributed by atoms with van der Waals surface area (Å²) in [7, 11) is 0. The Labute approximate surface area is 108 Å². The van der Waals surface area contributed by atoms with Gasteiger partial charge in [0, 0.05) is 12.6 Å². The van der Waals surface area contributed by atoms with Gasteiger partial charge in [-0.1, -0.05) is 20.8 Å². The van der Waals surface area contributed by atoms with Gasteiger partial charge in [-0.2, -0.15) is 10.4 Å². The zero-order valence-electron chi connectivity index (χ0n) is 11.3. The van der Waals surface area contributed by atoms with Crippen LogP contribution in [0, 0.1) is 11.3 Å². The second kappa shape index (κ2) is 6.92. The van der Waals surface area contributed by atoms with Crippen LogP contribution in [0.3, 0.4) is 0 Å². The van der Waals surface area contributed by atoms with Gasteiger partial charge in [-0.15, -0.1) is 5.10 Å². The summed E-state index contributed by atoms with van der Waals surface area (Å²) in [6.07, 6.45) is 2.47. The molecule has 0 fully saturated rings. The van der Waals surface area contributed by atoms with E-state index < -0.39 is 0 Å². The van der Waals surface area contributed by atoms with E-state index in [2.05, 4.69) is 21.6 Å². The second-order valence-electron chi connectivity index (χ2n) is 4.15.